The Bertz CT molecular complexity index is 1260. The number of para-hydroxylation sites is 1. The number of allylic oxidation sites excluding steroid dienone is 3. The van der Waals surface area contributed by atoms with Crippen molar-refractivity contribution in [1.82, 2.24) is 4.98 Å². The summed E-state index contributed by atoms with van der Waals surface area (Å²) in [5, 5.41) is 11.9. The molecule has 2 aromatic carbocycles. The number of nitrogens with one attached hydrogen (secondary N) is 1. The molecule has 0 unspecified atom stereocenters. The number of aromatic carboxylic acids is 1. The van der Waals surface area contributed by atoms with Crippen LogP contribution < -0.4 is 14.8 Å². The molecule has 0 saturated heterocycles. The molecule has 0 aliphatic rings. The summed E-state index contributed by atoms with van der Waals surface area (Å²) in [6.07, 6.45) is 8.01. The highest BCUT2D eigenvalue weighted by Gasteiger charge is 2.12. The summed E-state index contributed by atoms with van der Waals surface area (Å²) in [5.74, 6) is 0.321. The molecule has 0 saturated carbocycles. The number of carbonyl (C=O) groups excluding carboxylic acids is 1. The lowest BCUT2D eigenvalue weighted by Gasteiger charge is -2.09. The van der Waals surface area contributed by atoms with E-state index in [0.717, 1.165) is 18.6 Å². The number of carbonyl (C=O) groups is 2. The maximum absolute atomic E-state index is 12.4. The van der Waals surface area contributed by atoms with Gasteiger partial charge in [0.1, 0.15) is 18.1 Å². The van der Waals surface area contributed by atoms with Crippen molar-refractivity contribution in [3.63, 3.8) is 0 Å². The number of amides is 1. The van der Waals surface area contributed by atoms with E-state index in [2.05, 4.69) is 43.2 Å². The van der Waals surface area contributed by atoms with E-state index in [9.17, 15) is 14.7 Å². The quantitative estimate of drug-likeness (QED) is 0.265. The average Bonchev–Trinajstić information content (AvgIpc) is 2.86. The third-order valence-electron chi connectivity index (χ3n) is 5.41. The fourth-order valence-corrected chi connectivity index (χ4v) is 3.43. The molecule has 1 aromatic heterocycles. The first-order valence-electron chi connectivity index (χ1n) is 12.1. The molecule has 0 radical (unpaired) electrons. The summed E-state index contributed by atoms with van der Waals surface area (Å²) in [6.45, 7) is 6.84. The van der Waals surface area contributed by atoms with Crippen molar-refractivity contribution < 1.29 is 24.2 Å². The second-order valence-corrected chi connectivity index (χ2v) is 8.84. The smallest absolute Gasteiger partial charge is 0.337 e. The van der Waals surface area contributed by atoms with E-state index in [1.54, 1.807) is 36.5 Å². The molecular formula is C30H32N2O5. The molecular weight excluding hydrogens is 468 g/mol. The maximum atomic E-state index is 12.4. The Balaban J connectivity index is 1.47. The van der Waals surface area contributed by atoms with E-state index >= 15 is 0 Å². The number of anilines is 1. The first-order chi connectivity index (χ1) is 17.8. The van der Waals surface area contributed by atoms with Crippen LogP contribution >= 0.6 is 0 Å². The first-order valence-corrected chi connectivity index (χ1v) is 12.1. The van der Waals surface area contributed by atoms with Crippen LogP contribution in [0.5, 0.6) is 17.4 Å². The summed E-state index contributed by atoms with van der Waals surface area (Å²) in [4.78, 5) is 27.9. The molecule has 0 fully saturated rings. The van der Waals surface area contributed by atoms with Crippen LogP contribution in [0, 0.1) is 0 Å². The minimum atomic E-state index is -1.10. The average molecular weight is 501 g/mol. The summed E-state index contributed by atoms with van der Waals surface area (Å²) in [7, 11) is 0. The van der Waals surface area contributed by atoms with Gasteiger partial charge in [-0.3, -0.25) is 4.79 Å². The van der Waals surface area contributed by atoms with Gasteiger partial charge in [-0.2, -0.15) is 0 Å². The van der Waals surface area contributed by atoms with Gasteiger partial charge in [-0.25, -0.2) is 9.78 Å². The molecule has 0 atom stereocenters. The number of carboxylic acid groups (broad SMARTS) is 1. The van der Waals surface area contributed by atoms with Crippen molar-refractivity contribution in [3.8, 4) is 17.4 Å². The molecule has 37 heavy (non-hydrogen) atoms. The van der Waals surface area contributed by atoms with Crippen molar-refractivity contribution >= 4 is 17.6 Å². The van der Waals surface area contributed by atoms with E-state index in [1.165, 1.54) is 17.2 Å². The Morgan fingerprint density at radius 3 is 2.35 bits per heavy atom. The van der Waals surface area contributed by atoms with Gasteiger partial charge in [-0.15, -0.1) is 0 Å². The van der Waals surface area contributed by atoms with Gasteiger partial charge in [0.05, 0.1) is 17.7 Å². The van der Waals surface area contributed by atoms with Gasteiger partial charge >= 0.3 is 5.97 Å². The van der Waals surface area contributed by atoms with Crippen LogP contribution in [0.4, 0.5) is 5.69 Å². The normalized spacial score (nSPS) is 10.9. The lowest BCUT2D eigenvalue weighted by molar-refractivity contribution is -0.115. The van der Waals surface area contributed by atoms with Crippen molar-refractivity contribution in [2.45, 2.75) is 40.0 Å². The van der Waals surface area contributed by atoms with Crippen LogP contribution in [0.25, 0.3) is 0 Å². The Morgan fingerprint density at radius 1 is 0.946 bits per heavy atom. The number of pyridine rings is 1. The van der Waals surface area contributed by atoms with Crippen LogP contribution in [0.15, 0.2) is 90.2 Å². The summed E-state index contributed by atoms with van der Waals surface area (Å²) >= 11 is 0. The maximum Gasteiger partial charge on any atom is 0.337 e. The van der Waals surface area contributed by atoms with E-state index in [4.69, 9.17) is 9.47 Å². The molecule has 192 valence electrons. The monoisotopic (exact) mass is 500 g/mol. The zero-order valence-electron chi connectivity index (χ0n) is 21.4. The molecule has 2 N–H and O–H groups in total. The van der Waals surface area contributed by atoms with Gasteiger partial charge in [-0.05, 0) is 81.7 Å². The highest BCUT2D eigenvalue weighted by molar-refractivity contribution is 6.00. The molecule has 1 heterocycles. The fraction of sp³-hybridized carbons (Fsp3) is 0.233. The van der Waals surface area contributed by atoms with Gasteiger partial charge in [0.2, 0.25) is 11.8 Å². The highest BCUT2D eigenvalue weighted by atomic mass is 16.5. The summed E-state index contributed by atoms with van der Waals surface area (Å²) in [5.41, 5.74) is 3.60. The predicted molar refractivity (Wildman–Crippen MR) is 144 cm³/mol. The van der Waals surface area contributed by atoms with E-state index in [1.807, 2.05) is 24.3 Å². The van der Waals surface area contributed by atoms with Crippen molar-refractivity contribution in [2.75, 3.05) is 11.9 Å². The molecule has 0 spiro atoms. The van der Waals surface area contributed by atoms with Crippen molar-refractivity contribution in [2.24, 2.45) is 0 Å². The Kier molecular flexibility index (Phi) is 10.0. The van der Waals surface area contributed by atoms with Gasteiger partial charge < -0.3 is 19.9 Å². The predicted octanol–water partition coefficient (Wildman–Crippen LogP) is 6.82. The molecule has 1 amide bonds. The van der Waals surface area contributed by atoms with Crippen LogP contribution in [0.3, 0.4) is 0 Å². The summed E-state index contributed by atoms with van der Waals surface area (Å²) in [6, 6.07) is 17.0. The Morgan fingerprint density at radius 2 is 1.68 bits per heavy atom. The van der Waals surface area contributed by atoms with Gasteiger partial charge in [0.25, 0.3) is 0 Å². The highest BCUT2D eigenvalue weighted by Crippen LogP contribution is 2.23. The van der Waals surface area contributed by atoms with Gasteiger partial charge in [-0.1, -0.05) is 35.4 Å². The van der Waals surface area contributed by atoms with Crippen LogP contribution in [0.2, 0.25) is 0 Å². The minimum absolute atomic E-state index is 0.0378. The van der Waals surface area contributed by atoms with E-state index < -0.39 is 5.97 Å². The topological polar surface area (TPSA) is 97.8 Å². The lowest BCUT2D eigenvalue weighted by Crippen LogP contribution is -2.16. The van der Waals surface area contributed by atoms with E-state index in [0.29, 0.717) is 23.8 Å². The lowest BCUT2D eigenvalue weighted by atomic mass is 10.1. The standard InChI is InChI=1S/C30H32N2O5/c1-21(2)7-6-8-22(3)17-18-36-24-12-14-25(15-13-24)37-29-16-11-23(20-31-29)19-28(33)32-27-10-5-4-9-26(27)30(34)35/h4-5,7,9-17,20H,6,8,18-19H2,1-3H3,(H,32,33)(H,34,35). The van der Waals surface area contributed by atoms with Crippen LogP contribution in [-0.2, 0) is 11.2 Å². The van der Waals surface area contributed by atoms with Gasteiger partial charge in [0, 0.05) is 12.3 Å². The fourth-order valence-electron chi connectivity index (χ4n) is 3.43. The second kappa shape index (κ2) is 13.6. The molecule has 3 rings (SSSR count). The zero-order chi connectivity index (χ0) is 26.6. The number of benzene rings is 2. The second-order valence-electron chi connectivity index (χ2n) is 8.84. The number of nitrogens with zero attached hydrogens (tertiary/aromatic N) is 1. The Hall–Kier alpha value is -4.39. The Labute approximate surface area is 217 Å². The van der Waals surface area contributed by atoms with Crippen LogP contribution in [-0.4, -0.2) is 28.6 Å². The van der Waals surface area contributed by atoms with Crippen molar-refractivity contribution in [1.29, 1.82) is 0 Å². The zero-order valence-corrected chi connectivity index (χ0v) is 21.4. The van der Waals surface area contributed by atoms with E-state index in [-0.39, 0.29) is 23.6 Å². The molecule has 0 aliphatic heterocycles. The minimum Gasteiger partial charge on any atom is -0.490 e. The number of rotatable bonds is 12. The number of carboxylic acids is 1. The summed E-state index contributed by atoms with van der Waals surface area (Å²) < 4.78 is 11.6. The number of hydrogen-bond acceptors (Lipinski definition) is 5. The molecule has 0 bridgehead atoms. The third-order valence-corrected chi connectivity index (χ3v) is 5.41. The van der Waals surface area contributed by atoms with Crippen molar-refractivity contribution in [3.05, 3.63) is 101 Å². The molecule has 0 aliphatic carbocycles. The largest absolute Gasteiger partial charge is 0.490 e. The molecule has 7 nitrogen and oxygen atoms in total. The van der Waals surface area contributed by atoms with Gasteiger partial charge in [0.15, 0.2) is 0 Å². The SMILES string of the molecule is CC(C)=CCCC(C)=CCOc1ccc(Oc2ccc(CC(=O)Nc3ccccc3C(=O)O)cn2)cc1. The third kappa shape index (κ3) is 9.29. The number of ether oxygens (including phenoxy) is 2. The molecule has 7 heteroatoms. The number of hydrogen-bond donors (Lipinski definition) is 2. The first kappa shape index (κ1) is 27.2. The van der Waals surface area contributed by atoms with Crippen LogP contribution in [0.1, 0.15) is 49.5 Å². The molecule has 3 aromatic rings. The number of aromatic nitrogens is 1.